The Balaban J connectivity index is 2.14. The van der Waals surface area contributed by atoms with Crippen LogP contribution in [0.15, 0.2) is 17.3 Å². The highest BCUT2D eigenvalue weighted by Crippen LogP contribution is 2.21. The number of nitrogens with zero attached hydrogens (tertiary/aromatic N) is 3. The van der Waals surface area contributed by atoms with Gasteiger partial charge in [-0.1, -0.05) is 5.16 Å². The second-order valence-corrected chi connectivity index (χ2v) is 4.79. The first-order valence-electron chi connectivity index (χ1n) is 6.37. The Hall–Kier alpha value is -1.82. The SMILES string of the molecule is COc1cc(C)nc(CN2CCCC2/C(N)=N/O)c1. The van der Waals surface area contributed by atoms with Gasteiger partial charge in [-0.15, -0.1) is 0 Å². The van der Waals surface area contributed by atoms with Crippen molar-refractivity contribution in [3.05, 3.63) is 23.5 Å². The first-order chi connectivity index (χ1) is 9.13. The van der Waals surface area contributed by atoms with E-state index in [-0.39, 0.29) is 11.9 Å². The van der Waals surface area contributed by atoms with Crippen LogP contribution in [0, 0.1) is 6.92 Å². The summed E-state index contributed by atoms with van der Waals surface area (Å²) in [4.78, 5) is 6.68. The second-order valence-electron chi connectivity index (χ2n) is 4.79. The summed E-state index contributed by atoms with van der Waals surface area (Å²) < 4.78 is 5.25. The fourth-order valence-electron chi connectivity index (χ4n) is 2.53. The van der Waals surface area contributed by atoms with Gasteiger partial charge in [-0.2, -0.15) is 0 Å². The highest BCUT2D eigenvalue weighted by molar-refractivity contribution is 5.85. The number of hydrogen-bond donors (Lipinski definition) is 2. The summed E-state index contributed by atoms with van der Waals surface area (Å²) in [5.74, 6) is 1.08. The molecular formula is C13H20N4O2. The van der Waals surface area contributed by atoms with Gasteiger partial charge in [0, 0.05) is 24.4 Å². The zero-order valence-corrected chi connectivity index (χ0v) is 11.3. The van der Waals surface area contributed by atoms with Crippen LogP contribution in [-0.2, 0) is 6.54 Å². The molecule has 0 bridgehead atoms. The van der Waals surface area contributed by atoms with Gasteiger partial charge in [0.15, 0.2) is 5.84 Å². The Morgan fingerprint density at radius 1 is 1.63 bits per heavy atom. The van der Waals surface area contributed by atoms with Crippen molar-refractivity contribution < 1.29 is 9.94 Å². The predicted octanol–water partition coefficient (Wildman–Crippen LogP) is 1.11. The van der Waals surface area contributed by atoms with Gasteiger partial charge >= 0.3 is 0 Å². The van der Waals surface area contributed by atoms with Crippen molar-refractivity contribution in [3.63, 3.8) is 0 Å². The third-order valence-corrected chi connectivity index (χ3v) is 3.40. The number of aryl methyl sites for hydroxylation is 1. The van der Waals surface area contributed by atoms with Crippen molar-refractivity contribution in [2.45, 2.75) is 32.4 Å². The molecule has 1 aromatic heterocycles. The summed E-state index contributed by atoms with van der Waals surface area (Å²) in [6, 6.07) is 3.82. The lowest BCUT2D eigenvalue weighted by Gasteiger charge is -2.23. The quantitative estimate of drug-likeness (QED) is 0.368. The molecular weight excluding hydrogens is 244 g/mol. The molecule has 1 fully saturated rings. The van der Waals surface area contributed by atoms with Crippen LogP contribution in [0.4, 0.5) is 0 Å². The summed E-state index contributed by atoms with van der Waals surface area (Å²) in [6.45, 7) is 3.55. The topological polar surface area (TPSA) is 84.0 Å². The number of nitrogens with two attached hydrogens (primary N) is 1. The minimum Gasteiger partial charge on any atom is -0.497 e. The number of amidine groups is 1. The summed E-state index contributed by atoms with van der Waals surface area (Å²) in [6.07, 6.45) is 1.96. The third-order valence-electron chi connectivity index (χ3n) is 3.40. The number of oxime groups is 1. The number of hydrogen-bond acceptors (Lipinski definition) is 5. The van der Waals surface area contributed by atoms with E-state index in [2.05, 4.69) is 15.0 Å². The molecule has 3 N–H and O–H groups in total. The molecule has 6 nitrogen and oxygen atoms in total. The van der Waals surface area contributed by atoms with Crippen molar-refractivity contribution in [1.29, 1.82) is 0 Å². The molecule has 0 aromatic carbocycles. The van der Waals surface area contributed by atoms with Crippen molar-refractivity contribution in [1.82, 2.24) is 9.88 Å². The Morgan fingerprint density at radius 3 is 3.11 bits per heavy atom. The van der Waals surface area contributed by atoms with E-state index >= 15 is 0 Å². The molecule has 0 spiro atoms. The number of pyridine rings is 1. The van der Waals surface area contributed by atoms with Crippen LogP contribution in [0.2, 0.25) is 0 Å². The molecule has 2 rings (SSSR count). The minimum atomic E-state index is -0.00157. The maximum absolute atomic E-state index is 8.81. The van der Waals surface area contributed by atoms with Crippen molar-refractivity contribution in [2.24, 2.45) is 10.9 Å². The van der Waals surface area contributed by atoms with Crippen LogP contribution in [-0.4, -0.2) is 40.6 Å². The normalized spacial score (nSPS) is 20.7. The Kier molecular flexibility index (Phi) is 4.21. The summed E-state index contributed by atoms with van der Waals surface area (Å²) >= 11 is 0. The molecule has 1 aromatic rings. The summed E-state index contributed by atoms with van der Waals surface area (Å²) in [5, 5.41) is 11.9. The van der Waals surface area contributed by atoms with E-state index in [9.17, 15) is 0 Å². The fourth-order valence-corrected chi connectivity index (χ4v) is 2.53. The third kappa shape index (κ3) is 3.14. The van der Waals surface area contributed by atoms with Gasteiger partial charge in [0.1, 0.15) is 5.75 Å². The van der Waals surface area contributed by atoms with Gasteiger partial charge in [0.25, 0.3) is 0 Å². The van der Waals surface area contributed by atoms with Crippen LogP contribution in [0.3, 0.4) is 0 Å². The smallest absolute Gasteiger partial charge is 0.156 e. The lowest BCUT2D eigenvalue weighted by Crippen LogP contribution is -2.40. The van der Waals surface area contributed by atoms with Gasteiger partial charge in [0.2, 0.25) is 0 Å². The second kappa shape index (κ2) is 5.88. The molecule has 1 unspecified atom stereocenters. The molecule has 1 atom stereocenters. The van der Waals surface area contributed by atoms with Gasteiger partial charge in [-0.25, -0.2) is 0 Å². The lowest BCUT2D eigenvalue weighted by atomic mass is 10.2. The zero-order valence-electron chi connectivity index (χ0n) is 11.3. The number of likely N-dealkylation sites (tertiary alicyclic amines) is 1. The van der Waals surface area contributed by atoms with Gasteiger partial charge in [-0.05, 0) is 26.3 Å². The zero-order chi connectivity index (χ0) is 13.8. The van der Waals surface area contributed by atoms with E-state index in [1.165, 1.54) is 0 Å². The standard InChI is InChI=1S/C13H20N4O2/c1-9-6-11(19-2)7-10(15-9)8-17-5-3-4-12(17)13(14)16-18/h6-7,12,18H,3-5,8H2,1-2H3,(H2,14,16). The van der Waals surface area contributed by atoms with E-state index < -0.39 is 0 Å². The molecule has 0 aliphatic carbocycles. The van der Waals surface area contributed by atoms with Crippen LogP contribution in [0.1, 0.15) is 24.2 Å². The molecule has 0 amide bonds. The highest BCUT2D eigenvalue weighted by Gasteiger charge is 2.28. The van der Waals surface area contributed by atoms with Crippen LogP contribution < -0.4 is 10.5 Å². The van der Waals surface area contributed by atoms with E-state index in [4.69, 9.17) is 15.7 Å². The van der Waals surface area contributed by atoms with Crippen molar-refractivity contribution in [3.8, 4) is 5.75 Å². The lowest BCUT2D eigenvalue weighted by molar-refractivity contribution is 0.272. The Bertz CT molecular complexity index is 476. The van der Waals surface area contributed by atoms with Crippen molar-refractivity contribution in [2.75, 3.05) is 13.7 Å². The summed E-state index contributed by atoms with van der Waals surface area (Å²) in [5.41, 5.74) is 7.59. The molecule has 2 heterocycles. The van der Waals surface area contributed by atoms with E-state index in [0.29, 0.717) is 6.54 Å². The minimum absolute atomic E-state index is 0.00157. The first-order valence-corrected chi connectivity index (χ1v) is 6.37. The average molecular weight is 264 g/mol. The monoisotopic (exact) mass is 264 g/mol. The van der Waals surface area contributed by atoms with Gasteiger partial charge in [0.05, 0.1) is 18.8 Å². The molecule has 104 valence electrons. The van der Waals surface area contributed by atoms with E-state index in [1.54, 1.807) is 7.11 Å². The highest BCUT2D eigenvalue weighted by atomic mass is 16.5. The maximum atomic E-state index is 8.81. The van der Waals surface area contributed by atoms with Gasteiger partial charge in [-0.3, -0.25) is 9.88 Å². The molecule has 0 saturated carbocycles. The molecule has 6 heteroatoms. The number of ether oxygens (including phenoxy) is 1. The molecule has 0 radical (unpaired) electrons. The Labute approximate surface area is 112 Å². The fraction of sp³-hybridized carbons (Fsp3) is 0.538. The Morgan fingerprint density at radius 2 is 2.42 bits per heavy atom. The predicted molar refractivity (Wildman–Crippen MR) is 72.4 cm³/mol. The first kappa shape index (κ1) is 13.6. The molecule has 1 aliphatic rings. The molecule has 19 heavy (non-hydrogen) atoms. The van der Waals surface area contributed by atoms with Crippen LogP contribution in [0.5, 0.6) is 5.75 Å². The summed E-state index contributed by atoms with van der Waals surface area (Å²) in [7, 11) is 1.65. The largest absolute Gasteiger partial charge is 0.497 e. The maximum Gasteiger partial charge on any atom is 0.156 e. The average Bonchev–Trinajstić information content (AvgIpc) is 2.85. The van der Waals surface area contributed by atoms with Gasteiger partial charge < -0.3 is 15.7 Å². The molecule has 1 aliphatic heterocycles. The number of methoxy groups -OCH3 is 1. The molecule has 1 saturated heterocycles. The van der Waals surface area contributed by atoms with Crippen LogP contribution in [0.25, 0.3) is 0 Å². The van der Waals surface area contributed by atoms with E-state index in [1.807, 2.05) is 19.1 Å². The van der Waals surface area contributed by atoms with Crippen molar-refractivity contribution >= 4 is 5.84 Å². The van der Waals surface area contributed by atoms with Crippen LogP contribution >= 0.6 is 0 Å². The van der Waals surface area contributed by atoms with E-state index in [0.717, 1.165) is 36.5 Å². The number of aromatic nitrogens is 1. The number of rotatable bonds is 4.